The van der Waals surface area contributed by atoms with Gasteiger partial charge in [-0.25, -0.2) is 4.39 Å². The second-order valence-corrected chi connectivity index (χ2v) is 7.12. The number of hydrazone groups is 1. The number of benzene rings is 2. The predicted molar refractivity (Wildman–Crippen MR) is 100.0 cm³/mol. The molecule has 6 heteroatoms. The van der Waals surface area contributed by atoms with Gasteiger partial charge in [0, 0.05) is 47.8 Å². The molecule has 0 spiro atoms. The summed E-state index contributed by atoms with van der Waals surface area (Å²) in [4.78, 5) is 2.38. The van der Waals surface area contributed by atoms with Crippen LogP contribution in [0.2, 0.25) is 5.02 Å². The molecule has 2 aromatic carbocycles. The minimum Gasteiger partial charge on any atom is -0.295 e. The smallest absolute Gasteiger partial charge is 0.132 e. The zero-order valence-electron chi connectivity index (χ0n) is 13.1. The maximum Gasteiger partial charge on any atom is 0.132 e. The lowest BCUT2D eigenvalue weighted by atomic mass is 10.2. The molecule has 0 aliphatic carbocycles. The fraction of sp³-hybridized carbons (Fsp3) is 0.278. The number of rotatable bonds is 4. The van der Waals surface area contributed by atoms with Crippen LogP contribution in [0.5, 0.6) is 0 Å². The summed E-state index contributed by atoms with van der Waals surface area (Å²) < 4.78 is 14.6. The molecule has 1 aliphatic heterocycles. The maximum absolute atomic E-state index is 13.7. The van der Waals surface area contributed by atoms with E-state index in [9.17, 15) is 4.39 Å². The Balaban J connectivity index is 1.52. The Kier molecular flexibility index (Phi) is 5.87. The summed E-state index contributed by atoms with van der Waals surface area (Å²) in [5.74, 6) is -0.261. The third-order valence-corrected chi connectivity index (χ3v) is 4.73. The van der Waals surface area contributed by atoms with E-state index in [0.717, 1.165) is 42.2 Å². The Bertz CT molecular complexity index is 713. The number of halogens is 3. The summed E-state index contributed by atoms with van der Waals surface area (Å²) in [6.45, 7) is 4.44. The fourth-order valence-corrected chi connectivity index (χ4v) is 3.12. The molecule has 2 aromatic rings. The SMILES string of the molecule is Fc1ccc(Br)cc1C=NN1CCN(Cc2ccc(Cl)cc2)CC1. The van der Waals surface area contributed by atoms with Crippen LogP contribution in [-0.4, -0.2) is 42.3 Å². The maximum atomic E-state index is 13.7. The van der Waals surface area contributed by atoms with E-state index in [1.165, 1.54) is 11.6 Å². The molecule has 0 atom stereocenters. The van der Waals surface area contributed by atoms with Gasteiger partial charge in [-0.3, -0.25) is 9.91 Å². The summed E-state index contributed by atoms with van der Waals surface area (Å²) in [6.07, 6.45) is 1.59. The highest BCUT2D eigenvalue weighted by Gasteiger charge is 2.15. The van der Waals surface area contributed by atoms with Crippen LogP contribution in [-0.2, 0) is 6.54 Å². The molecule has 1 saturated heterocycles. The van der Waals surface area contributed by atoms with Crippen molar-refractivity contribution < 1.29 is 4.39 Å². The van der Waals surface area contributed by atoms with Crippen LogP contribution in [0.15, 0.2) is 52.0 Å². The minimum absolute atomic E-state index is 0.261. The zero-order chi connectivity index (χ0) is 16.9. The van der Waals surface area contributed by atoms with Gasteiger partial charge >= 0.3 is 0 Å². The molecule has 0 N–H and O–H groups in total. The van der Waals surface area contributed by atoms with E-state index in [1.807, 2.05) is 17.1 Å². The van der Waals surface area contributed by atoms with Crippen LogP contribution in [0.4, 0.5) is 4.39 Å². The number of nitrogens with zero attached hydrogens (tertiary/aromatic N) is 3. The molecule has 0 aromatic heterocycles. The monoisotopic (exact) mass is 409 g/mol. The summed E-state index contributed by atoms with van der Waals surface area (Å²) in [5, 5.41) is 7.16. The molecule has 0 saturated carbocycles. The molecule has 0 radical (unpaired) electrons. The Morgan fingerprint density at radius 1 is 1.08 bits per heavy atom. The summed E-state index contributed by atoms with van der Waals surface area (Å²) in [6, 6.07) is 12.8. The van der Waals surface area contributed by atoms with Crippen molar-refractivity contribution in [1.29, 1.82) is 0 Å². The van der Waals surface area contributed by atoms with Gasteiger partial charge in [0.25, 0.3) is 0 Å². The molecule has 1 fully saturated rings. The van der Waals surface area contributed by atoms with Crippen molar-refractivity contribution in [2.45, 2.75) is 6.54 Å². The van der Waals surface area contributed by atoms with E-state index in [-0.39, 0.29) is 5.82 Å². The Labute approximate surface area is 154 Å². The Morgan fingerprint density at radius 3 is 2.50 bits per heavy atom. The minimum atomic E-state index is -0.261. The highest BCUT2D eigenvalue weighted by molar-refractivity contribution is 9.10. The van der Waals surface area contributed by atoms with E-state index in [0.29, 0.717) is 5.56 Å². The first-order chi connectivity index (χ1) is 11.6. The lowest BCUT2D eigenvalue weighted by Crippen LogP contribution is -2.43. The Morgan fingerprint density at radius 2 is 1.79 bits per heavy atom. The van der Waals surface area contributed by atoms with Crippen molar-refractivity contribution in [2.24, 2.45) is 5.10 Å². The van der Waals surface area contributed by atoms with Gasteiger partial charge in [-0.1, -0.05) is 39.7 Å². The third kappa shape index (κ3) is 4.79. The summed E-state index contributed by atoms with van der Waals surface area (Å²) in [5.41, 5.74) is 1.75. The summed E-state index contributed by atoms with van der Waals surface area (Å²) in [7, 11) is 0. The van der Waals surface area contributed by atoms with Gasteiger partial charge in [-0.15, -0.1) is 0 Å². The van der Waals surface area contributed by atoms with Crippen molar-refractivity contribution in [3.63, 3.8) is 0 Å². The van der Waals surface area contributed by atoms with E-state index in [4.69, 9.17) is 11.6 Å². The van der Waals surface area contributed by atoms with E-state index in [2.05, 4.69) is 38.1 Å². The average molecular weight is 411 g/mol. The average Bonchev–Trinajstić information content (AvgIpc) is 2.59. The van der Waals surface area contributed by atoms with Crippen LogP contribution < -0.4 is 0 Å². The zero-order valence-corrected chi connectivity index (χ0v) is 15.5. The molecule has 3 nitrogen and oxygen atoms in total. The van der Waals surface area contributed by atoms with Crippen LogP contribution in [0.1, 0.15) is 11.1 Å². The largest absolute Gasteiger partial charge is 0.295 e. The first-order valence-electron chi connectivity index (χ1n) is 7.81. The second kappa shape index (κ2) is 8.10. The van der Waals surface area contributed by atoms with Gasteiger partial charge in [0.15, 0.2) is 0 Å². The quantitative estimate of drug-likeness (QED) is 0.696. The van der Waals surface area contributed by atoms with Crippen molar-refractivity contribution in [3.05, 3.63) is 68.9 Å². The first-order valence-corrected chi connectivity index (χ1v) is 8.98. The normalized spacial score (nSPS) is 16.0. The first kappa shape index (κ1) is 17.4. The van der Waals surface area contributed by atoms with Crippen molar-refractivity contribution >= 4 is 33.7 Å². The van der Waals surface area contributed by atoms with Crippen LogP contribution in [0.3, 0.4) is 0 Å². The van der Waals surface area contributed by atoms with Gasteiger partial charge < -0.3 is 0 Å². The topological polar surface area (TPSA) is 18.8 Å². The van der Waals surface area contributed by atoms with Crippen LogP contribution in [0, 0.1) is 5.82 Å². The molecule has 1 heterocycles. The molecule has 126 valence electrons. The van der Waals surface area contributed by atoms with Gasteiger partial charge in [-0.2, -0.15) is 5.10 Å². The highest BCUT2D eigenvalue weighted by Crippen LogP contribution is 2.15. The number of hydrogen-bond acceptors (Lipinski definition) is 3. The number of piperazine rings is 1. The molecular formula is C18H18BrClFN3. The van der Waals surface area contributed by atoms with Gasteiger partial charge in [0.2, 0.25) is 0 Å². The third-order valence-electron chi connectivity index (χ3n) is 3.99. The Hall–Kier alpha value is -1.43. The van der Waals surface area contributed by atoms with Crippen molar-refractivity contribution in [1.82, 2.24) is 9.91 Å². The standard InChI is InChI=1S/C18H18BrClFN3/c19-16-3-6-18(21)15(11-16)12-22-24-9-7-23(8-10-24)13-14-1-4-17(20)5-2-14/h1-6,11-12H,7-10,13H2. The van der Waals surface area contributed by atoms with E-state index < -0.39 is 0 Å². The van der Waals surface area contributed by atoms with E-state index >= 15 is 0 Å². The van der Waals surface area contributed by atoms with Crippen molar-refractivity contribution in [2.75, 3.05) is 26.2 Å². The molecule has 0 amide bonds. The lowest BCUT2D eigenvalue weighted by molar-refractivity contribution is 0.131. The number of hydrogen-bond donors (Lipinski definition) is 0. The van der Waals surface area contributed by atoms with Gasteiger partial charge in [-0.05, 0) is 35.9 Å². The van der Waals surface area contributed by atoms with Gasteiger partial charge in [0.05, 0.1) is 6.21 Å². The lowest BCUT2D eigenvalue weighted by Gasteiger charge is -2.33. The molecular weight excluding hydrogens is 393 g/mol. The van der Waals surface area contributed by atoms with E-state index in [1.54, 1.807) is 18.3 Å². The van der Waals surface area contributed by atoms with Crippen molar-refractivity contribution in [3.8, 4) is 0 Å². The fourth-order valence-electron chi connectivity index (χ4n) is 2.62. The summed E-state index contributed by atoms with van der Waals surface area (Å²) >= 11 is 9.26. The van der Waals surface area contributed by atoms with Crippen LogP contribution in [0.25, 0.3) is 0 Å². The molecule has 1 aliphatic rings. The highest BCUT2D eigenvalue weighted by atomic mass is 79.9. The van der Waals surface area contributed by atoms with Gasteiger partial charge in [0.1, 0.15) is 5.82 Å². The van der Waals surface area contributed by atoms with Crippen LogP contribution >= 0.6 is 27.5 Å². The second-order valence-electron chi connectivity index (χ2n) is 5.77. The molecule has 0 unspecified atom stereocenters. The molecule has 0 bridgehead atoms. The molecule has 24 heavy (non-hydrogen) atoms. The molecule has 3 rings (SSSR count). The predicted octanol–water partition coefficient (Wildman–Crippen LogP) is 4.39.